The summed E-state index contributed by atoms with van der Waals surface area (Å²) in [6, 6.07) is 7.35. The normalized spacial score (nSPS) is 16.4. The number of aromatic nitrogens is 2. The summed E-state index contributed by atoms with van der Waals surface area (Å²) in [5.74, 6) is 0.527. The van der Waals surface area contributed by atoms with E-state index in [2.05, 4.69) is 5.10 Å². The zero-order chi connectivity index (χ0) is 13.9. The molecule has 0 saturated carbocycles. The first-order valence-corrected chi connectivity index (χ1v) is 7.26. The lowest BCUT2D eigenvalue weighted by atomic mass is 10.2. The van der Waals surface area contributed by atoms with Crippen molar-refractivity contribution in [2.24, 2.45) is 0 Å². The highest BCUT2D eigenvalue weighted by Gasteiger charge is 2.17. The molecule has 2 heterocycles. The zero-order valence-corrected chi connectivity index (χ0v) is 12.4. The van der Waals surface area contributed by atoms with Crippen LogP contribution in [-0.4, -0.2) is 36.1 Å². The number of hydrogen-bond donors (Lipinski definition) is 1. The number of ether oxygens (including phenoxy) is 1. The summed E-state index contributed by atoms with van der Waals surface area (Å²) in [4.78, 5) is 1.79. The minimum atomic E-state index is 0.397. The molecule has 106 valence electrons. The minimum Gasteiger partial charge on any atom is -0.409 e. The van der Waals surface area contributed by atoms with E-state index in [1.165, 1.54) is 4.90 Å². The standard InChI is InChI=1S/C13H14ClN3O2S/c14-11-3-1-10(2-4-11)12-15-17(13(20)19-12)9-16-5-7-18-8-6-16/h1-4H,5-9H2/p+1. The summed E-state index contributed by atoms with van der Waals surface area (Å²) in [6.45, 7) is 4.20. The van der Waals surface area contributed by atoms with Crippen molar-refractivity contribution in [1.82, 2.24) is 9.78 Å². The number of quaternary nitrogens is 1. The van der Waals surface area contributed by atoms with Gasteiger partial charge in [-0.3, -0.25) is 0 Å². The van der Waals surface area contributed by atoms with Gasteiger partial charge in [0.05, 0.1) is 13.2 Å². The van der Waals surface area contributed by atoms with Gasteiger partial charge in [0, 0.05) is 10.6 Å². The van der Waals surface area contributed by atoms with E-state index in [0.717, 1.165) is 31.9 Å². The molecule has 1 aliphatic rings. The second kappa shape index (κ2) is 6.05. The average molecular weight is 313 g/mol. The SMILES string of the molecule is S=c1oc(-c2ccc(Cl)cc2)nn1C[NH+]1CCOCC1. The molecule has 0 radical (unpaired) electrons. The van der Waals surface area contributed by atoms with Crippen LogP contribution in [0.4, 0.5) is 0 Å². The van der Waals surface area contributed by atoms with Crippen LogP contribution in [0.3, 0.4) is 0 Å². The van der Waals surface area contributed by atoms with Gasteiger partial charge in [-0.15, -0.1) is 5.10 Å². The van der Waals surface area contributed by atoms with E-state index in [1.54, 1.807) is 4.68 Å². The molecule has 0 spiro atoms. The minimum absolute atomic E-state index is 0.397. The Morgan fingerprint density at radius 2 is 1.95 bits per heavy atom. The van der Waals surface area contributed by atoms with Crippen LogP contribution in [0.5, 0.6) is 0 Å². The topological polar surface area (TPSA) is 44.6 Å². The molecule has 5 nitrogen and oxygen atoms in total. The number of rotatable bonds is 3. The Morgan fingerprint density at radius 3 is 2.65 bits per heavy atom. The second-order valence-corrected chi connectivity index (χ2v) is 5.49. The van der Waals surface area contributed by atoms with Crippen LogP contribution in [-0.2, 0) is 11.4 Å². The van der Waals surface area contributed by atoms with Crippen LogP contribution in [0, 0.1) is 4.84 Å². The summed E-state index contributed by atoms with van der Waals surface area (Å²) < 4.78 is 12.6. The van der Waals surface area contributed by atoms with Crippen molar-refractivity contribution >= 4 is 23.8 Å². The molecule has 0 aliphatic carbocycles. The summed E-state index contributed by atoms with van der Waals surface area (Å²) in [7, 11) is 0. The van der Waals surface area contributed by atoms with Crippen LogP contribution in [0.25, 0.3) is 11.5 Å². The fourth-order valence-electron chi connectivity index (χ4n) is 2.15. The van der Waals surface area contributed by atoms with Crippen LogP contribution in [0.15, 0.2) is 28.7 Å². The van der Waals surface area contributed by atoms with Crippen LogP contribution in [0.1, 0.15) is 0 Å². The maximum Gasteiger partial charge on any atom is 0.292 e. The molecule has 0 atom stereocenters. The molecule has 1 aliphatic heterocycles. The van der Waals surface area contributed by atoms with Crippen LogP contribution in [0.2, 0.25) is 5.02 Å². The van der Waals surface area contributed by atoms with Gasteiger partial charge in [-0.05, 0) is 36.5 Å². The highest BCUT2D eigenvalue weighted by Crippen LogP contribution is 2.19. The van der Waals surface area contributed by atoms with Crippen molar-refractivity contribution in [2.45, 2.75) is 6.67 Å². The molecule has 1 fully saturated rings. The Bertz CT molecular complexity index is 632. The van der Waals surface area contributed by atoms with E-state index in [9.17, 15) is 0 Å². The first-order chi connectivity index (χ1) is 9.72. The van der Waals surface area contributed by atoms with Crippen LogP contribution < -0.4 is 4.90 Å². The maximum absolute atomic E-state index is 5.87. The molecule has 1 saturated heterocycles. The third-order valence-electron chi connectivity index (χ3n) is 3.27. The molecule has 7 heteroatoms. The van der Waals surface area contributed by atoms with Gasteiger partial charge in [0.15, 0.2) is 6.67 Å². The molecule has 0 bridgehead atoms. The Labute approximate surface area is 126 Å². The molecule has 0 amide bonds. The van der Waals surface area contributed by atoms with Crippen molar-refractivity contribution < 1.29 is 14.1 Å². The van der Waals surface area contributed by atoms with Gasteiger partial charge in [0.25, 0.3) is 4.84 Å². The lowest BCUT2D eigenvalue weighted by Gasteiger charge is -2.22. The molecule has 1 aromatic heterocycles. The molecular weight excluding hydrogens is 298 g/mol. The number of nitrogens with zero attached hydrogens (tertiary/aromatic N) is 2. The molecule has 1 N–H and O–H groups in total. The fraction of sp³-hybridized carbons (Fsp3) is 0.385. The summed E-state index contributed by atoms with van der Waals surface area (Å²) >= 11 is 11.1. The third-order valence-corrected chi connectivity index (χ3v) is 3.82. The van der Waals surface area contributed by atoms with E-state index in [1.807, 2.05) is 24.3 Å². The lowest BCUT2D eigenvalue weighted by Crippen LogP contribution is -3.13. The number of halogens is 1. The first kappa shape index (κ1) is 13.8. The molecule has 3 rings (SSSR count). The average Bonchev–Trinajstić information content (AvgIpc) is 2.82. The predicted molar refractivity (Wildman–Crippen MR) is 77.3 cm³/mol. The summed E-state index contributed by atoms with van der Waals surface area (Å²) in [5.41, 5.74) is 0.872. The van der Waals surface area contributed by atoms with Crippen molar-refractivity contribution in [1.29, 1.82) is 0 Å². The zero-order valence-electron chi connectivity index (χ0n) is 10.8. The van der Waals surface area contributed by atoms with Gasteiger partial charge in [-0.25, -0.2) is 0 Å². The largest absolute Gasteiger partial charge is 0.409 e. The number of benzene rings is 1. The monoisotopic (exact) mass is 312 g/mol. The number of hydrogen-bond acceptors (Lipinski definition) is 4. The first-order valence-electron chi connectivity index (χ1n) is 6.47. The van der Waals surface area contributed by atoms with Gasteiger partial charge in [0.2, 0.25) is 5.89 Å². The predicted octanol–water partition coefficient (Wildman–Crippen LogP) is 1.40. The van der Waals surface area contributed by atoms with E-state index >= 15 is 0 Å². The van der Waals surface area contributed by atoms with Crippen LogP contribution >= 0.6 is 23.8 Å². The Kier molecular flexibility index (Phi) is 4.16. The van der Waals surface area contributed by atoms with Crippen molar-refractivity contribution in [3.05, 3.63) is 34.1 Å². The molecular formula is C13H15ClN3O2S+. The van der Waals surface area contributed by atoms with Gasteiger partial charge in [-0.1, -0.05) is 11.6 Å². The number of morpholine rings is 1. The van der Waals surface area contributed by atoms with Gasteiger partial charge in [-0.2, -0.15) is 4.68 Å². The van der Waals surface area contributed by atoms with Gasteiger partial charge in [0.1, 0.15) is 13.1 Å². The molecule has 20 heavy (non-hydrogen) atoms. The Morgan fingerprint density at radius 1 is 1.25 bits per heavy atom. The van der Waals surface area contributed by atoms with Gasteiger partial charge >= 0.3 is 0 Å². The molecule has 0 unspecified atom stereocenters. The van der Waals surface area contributed by atoms with Crippen molar-refractivity contribution in [3.8, 4) is 11.5 Å². The Hall–Kier alpha value is -1.21. The molecule has 1 aromatic carbocycles. The summed E-state index contributed by atoms with van der Waals surface area (Å²) in [6.07, 6.45) is 0. The third kappa shape index (κ3) is 3.09. The Balaban J connectivity index is 1.79. The quantitative estimate of drug-likeness (QED) is 0.870. The fourth-order valence-corrected chi connectivity index (χ4v) is 2.46. The maximum atomic E-state index is 5.87. The smallest absolute Gasteiger partial charge is 0.292 e. The van der Waals surface area contributed by atoms with E-state index in [4.69, 9.17) is 33.0 Å². The lowest BCUT2D eigenvalue weighted by molar-refractivity contribution is -0.931. The highest BCUT2D eigenvalue weighted by atomic mass is 35.5. The van der Waals surface area contributed by atoms with Crippen molar-refractivity contribution in [3.63, 3.8) is 0 Å². The highest BCUT2D eigenvalue weighted by molar-refractivity contribution is 7.71. The summed E-state index contributed by atoms with van der Waals surface area (Å²) in [5, 5.41) is 5.13. The van der Waals surface area contributed by atoms with E-state index in [-0.39, 0.29) is 0 Å². The van der Waals surface area contributed by atoms with E-state index in [0.29, 0.717) is 22.4 Å². The number of nitrogens with one attached hydrogen (secondary N) is 1. The second-order valence-electron chi connectivity index (χ2n) is 4.70. The molecule has 2 aromatic rings. The van der Waals surface area contributed by atoms with Gasteiger partial charge < -0.3 is 14.1 Å². The van der Waals surface area contributed by atoms with E-state index < -0.39 is 0 Å². The van der Waals surface area contributed by atoms with Crippen molar-refractivity contribution in [2.75, 3.05) is 26.3 Å².